The van der Waals surface area contributed by atoms with Crippen molar-refractivity contribution in [2.24, 2.45) is 11.3 Å². The van der Waals surface area contributed by atoms with Gasteiger partial charge in [0.15, 0.2) is 5.78 Å². The molecule has 2 N–H and O–H groups in total. The van der Waals surface area contributed by atoms with Crippen molar-refractivity contribution in [3.8, 4) is 5.75 Å². The number of fused-ring (bicyclic) bond motifs is 1. The molecule has 0 aromatic carbocycles. The third-order valence-corrected chi connectivity index (χ3v) is 3.71. The first-order chi connectivity index (χ1) is 9.70. The predicted octanol–water partition coefficient (Wildman–Crippen LogP) is 1.04. The Morgan fingerprint density at radius 2 is 2.05 bits per heavy atom. The second-order valence-electron chi connectivity index (χ2n) is 5.63. The van der Waals surface area contributed by atoms with Crippen molar-refractivity contribution in [1.29, 1.82) is 0 Å². The number of ether oxygens (including phenoxy) is 1. The number of nitrogens with zero attached hydrogens (tertiary/aromatic N) is 1. The van der Waals surface area contributed by atoms with Gasteiger partial charge in [0.1, 0.15) is 17.2 Å². The summed E-state index contributed by atoms with van der Waals surface area (Å²) >= 11 is 0. The number of carboxylic acids is 1. The van der Waals surface area contributed by atoms with Crippen LogP contribution in [0, 0.1) is 11.3 Å². The first-order valence-corrected chi connectivity index (χ1v) is 6.27. The van der Waals surface area contributed by atoms with Gasteiger partial charge in [-0.3, -0.25) is 14.6 Å². The molecule has 0 amide bonds. The number of carbonyl (C=O) groups is 3. The molecular formula is C14H15NO6. The largest absolute Gasteiger partial charge is 0.506 e. The molecule has 21 heavy (non-hydrogen) atoms. The molecular weight excluding hydrogens is 278 g/mol. The minimum absolute atomic E-state index is 0.204. The van der Waals surface area contributed by atoms with E-state index < -0.39 is 40.4 Å². The summed E-state index contributed by atoms with van der Waals surface area (Å²) in [4.78, 5) is 39.4. The summed E-state index contributed by atoms with van der Waals surface area (Å²) < 4.78 is 4.65. The summed E-state index contributed by atoms with van der Waals surface area (Å²) in [7, 11) is 1.17. The molecule has 0 fully saturated rings. The lowest BCUT2D eigenvalue weighted by Crippen LogP contribution is -2.44. The number of aromatic nitrogens is 1. The second kappa shape index (κ2) is 4.83. The summed E-state index contributed by atoms with van der Waals surface area (Å²) in [5, 5.41) is 19.0. The number of hydrogen-bond acceptors (Lipinski definition) is 6. The third-order valence-electron chi connectivity index (χ3n) is 3.71. The van der Waals surface area contributed by atoms with Crippen LogP contribution in [0.3, 0.4) is 0 Å². The summed E-state index contributed by atoms with van der Waals surface area (Å²) in [5.74, 6) is -4.53. The molecule has 1 aliphatic carbocycles. The average molecular weight is 293 g/mol. The van der Waals surface area contributed by atoms with Crippen molar-refractivity contribution >= 4 is 17.7 Å². The Morgan fingerprint density at radius 3 is 2.57 bits per heavy atom. The summed E-state index contributed by atoms with van der Waals surface area (Å²) in [5.41, 5.74) is -1.12. The highest BCUT2D eigenvalue weighted by Crippen LogP contribution is 2.42. The fraction of sp³-hybridized carbons (Fsp3) is 0.429. The Kier molecular flexibility index (Phi) is 3.44. The van der Waals surface area contributed by atoms with Crippen molar-refractivity contribution in [2.75, 3.05) is 7.11 Å². The van der Waals surface area contributed by atoms with E-state index in [1.54, 1.807) is 13.8 Å². The molecule has 0 saturated heterocycles. The SMILES string of the molecule is COC(=O)C1C(=O)c2c(ncc(C(=O)O)c2O)CC1(C)C. The zero-order valence-corrected chi connectivity index (χ0v) is 11.8. The molecule has 0 saturated carbocycles. The lowest BCUT2D eigenvalue weighted by Gasteiger charge is -2.36. The number of pyridine rings is 1. The van der Waals surface area contributed by atoms with Gasteiger partial charge in [0.05, 0.1) is 18.4 Å². The van der Waals surface area contributed by atoms with E-state index in [9.17, 15) is 19.5 Å². The van der Waals surface area contributed by atoms with Gasteiger partial charge < -0.3 is 14.9 Å². The molecule has 1 aromatic heterocycles. The summed E-state index contributed by atoms with van der Waals surface area (Å²) in [6.45, 7) is 3.44. The Hall–Kier alpha value is -2.44. The first kappa shape index (κ1) is 15.0. The van der Waals surface area contributed by atoms with Crippen molar-refractivity contribution < 1.29 is 29.3 Å². The highest BCUT2D eigenvalue weighted by atomic mass is 16.5. The number of hydrogen-bond donors (Lipinski definition) is 2. The van der Waals surface area contributed by atoms with Crippen LogP contribution in [-0.4, -0.2) is 40.0 Å². The lowest BCUT2D eigenvalue weighted by molar-refractivity contribution is -0.147. The molecule has 0 bridgehead atoms. The van der Waals surface area contributed by atoms with E-state index in [4.69, 9.17) is 5.11 Å². The molecule has 0 radical (unpaired) electrons. The van der Waals surface area contributed by atoms with Crippen LogP contribution in [0.2, 0.25) is 0 Å². The topological polar surface area (TPSA) is 114 Å². The highest BCUT2D eigenvalue weighted by Gasteiger charge is 2.48. The number of rotatable bonds is 2. The zero-order valence-electron chi connectivity index (χ0n) is 11.8. The Morgan fingerprint density at radius 1 is 1.43 bits per heavy atom. The van der Waals surface area contributed by atoms with E-state index in [0.717, 1.165) is 6.20 Å². The predicted molar refractivity (Wildman–Crippen MR) is 70.2 cm³/mol. The average Bonchev–Trinajstić information content (AvgIpc) is 2.36. The van der Waals surface area contributed by atoms with Gasteiger partial charge in [-0.15, -0.1) is 0 Å². The maximum atomic E-state index is 12.5. The Balaban J connectivity index is 2.65. The smallest absolute Gasteiger partial charge is 0.341 e. The Bertz CT molecular complexity index is 649. The van der Waals surface area contributed by atoms with Crippen LogP contribution in [0.5, 0.6) is 5.75 Å². The van der Waals surface area contributed by atoms with Crippen LogP contribution in [0.4, 0.5) is 0 Å². The molecule has 7 nitrogen and oxygen atoms in total. The molecule has 1 atom stereocenters. The third kappa shape index (κ3) is 2.24. The molecule has 0 spiro atoms. The molecule has 1 unspecified atom stereocenters. The van der Waals surface area contributed by atoms with Crippen LogP contribution < -0.4 is 0 Å². The van der Waals surface area contributed by atoms with Crippen molar-refractivity contribution in [2.45, 2.75) is 20.3 Å². The van der Waals surface area contributed by atoms with Gasteiger partial charge in [-0.1, -0.05) is 13.8 Å². The van der Waals surface area contributed by atoms with Crippen molar-refractivity contribution in [1.82, 2.24) is 4.98 Å². The first-order valence-electron chi connectivity index (χ1n) is 6.27. The van der Waals surface area contributed by atoms with Gasteiger partial charge >= 0.3 is 11.9 Å². The quantitative estimate of drug-likeness (QED) is 0.618. The number of methoxy groups -OCH3 is 1. The standard InChI is InChI=1S/C14H15NO6/c1-14(2)4-7-8(11(17)9(14)13(20)21-3)10(16)6(5-15-7)12(18)19/h5,9H,4H2,1-3H3,(H,15,16)(H,18,19). The zero-order chi connectivity index (χ0) is 15.9. The molecule has 2 rings (SSSR count). The normalized spacial score (nSPS) is 19.8. The number of esters is 1. The maximum absolute atomic E-state index is 12.5. The Labute approximate surface area is 120 Å². The highest BCUT2D eigenvalue weighted by molar-refractivity contribution is 6.13. The lowest BCUT2D eigenvalue weighted by atomic mass is 9.67. The van der Waals surface area contributed by atoms with Gasteiger partial charge in [-0.2, -0.15) is 0 Å². The van der Waals surface area contributed by atoms with Crippen LogP contribution in [0.1, 0.15) is 40.3 Å². The summed E-state index contributed by atoms with van der Waals surface area (Å²) in [6.07, 6.45) is 1.26. The number of carbonyl (C=O) groups excluding carboxylic acids is 2. The van der Waals surface area contributed by atoms with E-state index in [1.165, 1.54) is 7.11 Å². The maximum Gasteiger partial charge on any atom is 0.341 e. The van der Waals surface area contributed by atoms with Crippen molar-refractivity contribution in [3.05, 3.63) is 23.0 Å². The molecule has 1 aromatic rings. The fourth-order valence-electron chi connectivity index (χ4n) is 2.67. The number of carboxylic acid groups (broad SMARTS) is 1. The molecule has 1 aliphatic rings. The van der Waals surface area contributed by atoms with Gasteiger partial charge in [-0.05, 0) is 11.8 Å². The van der Waals surface area contributed by atoms with Crippen LogP contribution in [0.25, 0.3) is 0 Å². The van der Waals surface area contributed by atoms with E-state index in [2.05, 4.69) is 9.72 Å². The number of aromatic hydroxyl groups is 1. The molecule has 112 valence electrons. The van der Waals surface area contributed by atoms with Gasteiger partial charge in [0, 0.05) is 6.20 Å². The minimum Gasteiger partial charge on any atom is -0.506 e. The van der Waals surface area contributed by atoms with E-state index in [0.29, 0.717) is 0 Å². The van der Waals surface area contributed by atoms with E-state index in [-0.39, 0.29) is 17.7 Å². The number of aromatic carboxylic acids is 1. The van der Waals surface area contributed by atoms with Gasteiger partial charge in [0.2, 0.25) is 0 Å². The molecule has 1 heterocycles. The van der Waals surface area contributed by atoms with Gasteiger partial charge in [0.25, 0.3) is 0 Å². The van der Waals surface area contributed by atoms with Gasteiger partial charge in [-0.25, -0.2) is 4.79 Å². The molecule has 0 aliphatic heterocycles. The number of ketones is 1. The monoisotopic (exact) mass is 293 g/mol. The molecule has 7 heteroatoms. The van der Waals surface area contributed by atoms with Crippen LogP contribution in [0.15, 0.2) is 6.20 Å². The summed E-state index contributed by atoms with van der Waals surface area (Å²) in [6, 6.07) is 0. The number of Topliss-reactive ketones (excluding diaryl/α,β-unsaturated/α-hetero) is 1. The second-order valence-corrected chi connectivity index (χ2v) is 5.63. The van der Waals surface area contributed by atoms with E-state index >= 15 is 0 Å². The fourth-order valence-corrected chi connectivity index (χ4v) is 2.67. The van der Waals surface area contributed by atoms with Crippen LogP contribution >= 0.6 is 0 Å². The minimum atomic E-state index is -1.39. The van der Waals surface area contributed by atoms with E-state index in [1.807, 2.05) is 0 Å². The van der Waals surface area contributed by atoms with Crippen molar-refractivity contribution in [3.63, 3.8) is 0 Å². The van der Waals surface area contributed by atoms with Crippen LogP contribution in [-0.2, 0) is 16.0 Å².